The number of carbonyl (C=O) groups excluding carboxylic acids is 1. The minimum Gasteiger partial charge on any atom is -0.397 e. The van der Waals surface area contributed by atoms with Crippen LogP contribution in [-0.2, 0) is 6.18 Å². The molecule has 21 heavy (non-hydrogen) atoms. The first-order valence-electron chi connectivity index (χ1n) is 5.81. The number of nitrogen functional groups attached to an aromatic ring is 1. The van der Waals surface area contributed by atoms with Crippen LogP contribution in [-0.4, -0.2) is 5.91 Å². The van der Waals surface area contributed by atoms with Gasteiger partial charge in [0.05, 0.1) is 22.5 Å². The van der Waals surface area contributed by atoms with Gasteiger partial charge < -0.3 is 11.1 Å². The highest BCUT2D eigenvalue weighted by Gasteiger charge is 2.34. The third-order valence-electron chi connectivity index (χ3n) is 2.74. The van der Waals surface area contributed by atoms with E-state index in [0.29, 0.717) is 0 Å². The Morgan fingerprint density at radius 3 is 2.43 bits per heavy atom. The third-order valence-corrected chi connectivity index (χ3v) is 2.74. The summed E-state index contributed by atoms with van der Waals surface area (Å²) in [4.78, 5) is 12.0. The second kappa shape index (κ2) is 5.43. The molecule has 3 nitrogen and oxygen atoms in total. The molecule has 0 aliphatic carbocycles. The molecule has 0 atom stereocenters. The summed E-state index contributed by atoms with van der Waals surface area (Å²) in [5.41, 5.74) is 3.87. The Bertz CT molecular complexity index is 683. The number of amides is 1. The van der Waals surface area contributed by atoms with Crippen molar-refractivity contribution in [1.29, 1.82) is 0 Å². The van der Waals surface area contributed by atoms with Crippen LogP contribution in [0.3, 0.4) is 0 Å². The van der Waals surface area contributed by atoms with Crippen LogP contribution in [0.2, 0.25) is 0 Å². The summed E-state index contributed by atoms with van der Waals surface area (Å²) < 4.78 is 51.6. The molecule has 0 spiro atoms. The van der Waals surface area contributed by atoms with Crippen molar-refractivity contribution in [3.63, 3.8) is 0 Å². The lowest BCUT2D eigenvalue weighted by atomic mass is 10.1. The van der Waals surface area contributed by atoms with Crippen molar-refractivity contribution in [2.24, 2.45) is 0 Å². The van der Waals surface area contributed by atoms with Gasteiger partial charge in [-0.2, -0.15) is 13.2 Å². The first-order valence-corrected chi connectivity index (χ1v) is 5.81. The zero-order valence-electron chi connectivity index (χ0n) is 10.5. The van der Waals surface area contributed by atoms with Gasteiger partial charge in [0.2, 0.25) is 0 Å². The van der Waals surface area contributed by atoms with Crippen molar-refractivity contribution in [3.8, 4) is 0 Å². The molecule has 2 aromatic rings. The molecule has 0 aliphatic rings. The van der Waals surface area contributed by atoms with Crippen LogP contribution in [0.15, 0.2) is 42.5 Å². The molecule has 0 fully saturated rings. The lowest BCUT2D eigenvalue weighted by Crippen LogP contribution is -2.19. The summed E-state index contributed by atoms with van der Waals surface area (Å²) in [6, 6.07) is 7.53. The number of hydrogen-bond acceptors (Lipinski definition) is 2. The molecule has 0 saturated carbocycles. The van der Waals surface area contributed by atoms with Gasteiger partial charge in [-0.15, -0.1) is 0 Å². The third kappa shape index (κ3) is 3.31. The standard InChI is InChI=1S/C14H10F4N2O/c15-8-5-6-11(19)12(7-8)20-13(21)9-3-1-2-4-10(9)14(16,17)18/h1-7H,19H2,(H,20,21). The second-order valence-corrected chi connectivity index (χ2v) is 4.23. The Labute approximate surface area is 117 Å². The molecule has 2 aromatic carbocycles. The summed E-state index contributed by atoms with van der Waals surface area (Å²) in [6.07, 6.45) is -4.67. The topological polar surface area (TPSA) is 55.1 Å². The van der Waals surface area contributed by atoms with Gasteiger partial charge in [0.1, 0.15) is 5.82 Å². The summed E-state index contributed by atoms with van der Waals surface area (Å²) >= 11 is 0. The fraction of sp³-hybridized carbons (Fsp3) is 0.0714. The van der Waals surface area contributed by atoms with E-state index >= 15 is 0 Å². The Morgan fingerprint density at radius 2 is 1.76 bits per heavy atom. The van der Waals surface area contributed by atoms with Crippen molar-refractivity contribution in [2.75, 3.05) is 11.1 Å². The van der Waals surface area contributed by atoms with Crippen molar-refractivity contribution < 1.29 is 22.4 Å². The molecular formula is C14H10F4N2O. The maximum Gasteiger partial charge on any atom is 0.417 e. The molecule has 0 radical (unpaired) electrons. The van der Waals surface area contributed by atoms with Gasteiger partial charge in [0.25, 0.3) is 5.91 Å². The molecule has 0 bridgehead atoms. The van der Waals surface area contributed by atoms with E-state index in [4.69, 9.17) is 5.73 Å². The van der Waals surface area contributed by atoms with Crippen LogP contribution in [0.25, 0.3) is 0 Å². The SMILES string of the molecule is Nc1ccc(F)cc1NC(=O)c1ccccc1C(F)(F)F. The number of carbonyl (C=O) groups is 1. The normalized spacial score (nSPS) is 11.2. The maximum atomic E-state index is 13.1. The van der Waals surface area contributed by atoms with Crippen LogP contribution < -0.4 is 11.1 Å². The minimum absolute atomic E-state index is 0.0502. The van der Waals surface area contributed by atoms with E-state index in [1.165, 1.54) is 18.2 Å². The van der Waals surface area contributed by atoms with E-state index < -0.39 is 29.0 Å². The molecule has 7 heteroatoms. The molecular weight excluding hydrogens is 288 g/mol. The van der Waals surface area contributed by atoms with Gasteiger partial charge in [-0.05, 0) is 30.3 Å². The van der Waals surface area contributed by atoms with Crippen LogP contribution in [0.1, 0.15) is 15.9 Å². The number of benzene rings is 2. The van der Waals surface area contributed by atoms with Gasteiger partial charge in [0.15, 0.2) is 0 Å². The van der Waals surface area contributed by atoms with E-state index in [1.54, 1.807) is 0 Å². The number of hydrogen-bond donors (Lipinski definition) is 2. The van der Waals surface area contributed by atoms with Crippen LogP contribution >= 0.6 is 0 Å². The van der Waals surface area contributed by atoms with Crippen LogP contribution in [0.4, 0.5) is 28.9 Å². The number of halogens is 4. The average Bonchev–Trinajstić information content (AvgIpc) is 2.42. The van der Waals surface area contributed by atoms with E-state index in [-0.39, 0.29) is 11.4 Å². The molecule has 110 valence electrons. The molecule has 0 aliphatic heterocycles. The lowest BCUT2D eigenvalue weighted by molar-refractivity contribution is -0.137. The number of nitrogens with one attached hydrogen (secondary N) is 1. The zero-order chi connectivity index (χ0) is 15.6. The fourth-order valence-electron chi connectivity index (χ4n) is 1.75. The monoisotopic (exact) mass is 298 g/mol. The van der Waals surface area contributed by atoms with Crippen LogP contribution in [0.5, 0.6) is 0 Å². The van der Waals surface area contributed by atoms with Gasteiger partial charge in [0, 0.05) is 0 Å². The highest BCUT2D eigenvalue weighted by atomic mass is 19.4. The predicted octanol–water partition coefficient (Wildman–Crippen LogP) is 3.68. The van der Waals surface area contributed by atoms with Crippen molar-refractivity contribution in [1.82, 2.24) is 0 Å². The van der Waals surface area contributed by atoms with Crippen molar-refractivity contribution in [2.45, 2.75) is 6.18 Å². The van der Waals surface area contributed by atoms with Crippen molar-refractivity contribution in [3.05, 3.63) is 59.4 Å². The molecule has 0 unspecified atom stereocenters. The lowest BCUT2D eigenvalue weighted by Gasteiger charge is -2.13. The predicted molar refractivity (Wildman–Crippen MR) is 70.2 cm³/mol. The van der Waals surface area contributed by atoms with Crippen LogP contribution in [0, 0.1) is 5.82 Å². The summed E-state index contributed by atoms with van der Waals surface area (Å²) in [5, 5.41) is 2.18. The highest BCUT2D eigenvalue weighted by molar-refractivity contribution is 6.06. The molecule has 1 amide bonds. The van der Waals surface area contributed by atoms with Gasteiger partial charge in [-0.3, -0.25) is 4.79 Å². The molecule has 3 N–H and O–H groups in total. The minimum atomic E-state index is -4.67. The Morgan fingerprint density at radius 1 is 1.10 bits per heavy atom. The highest BCUT2D eigenvalue weighted by Crippen LogP contribution is 2.32. The Hall–Kier alpha value is -2.57. The largest absolute Gasteiger partial charge is 0.417 e. The number of nitrogens with two attached hydrogens (primary N) is 1. The fourth-order valence-corrected chi connectivity index (χ4v) is 1.75. The Kier molecular flexibility index (Phi) is 3.84. The maximum absolute atomic E-state index is 13.1. The molecule has 2 rings (SSSR count). The second-order valence-electron chi connectivity index (χ2n) is 4.23. The van der Waals surface area contributed by atoms with E-state index in [9.17, 15) is 22.4 Å². The molecule has 0 heterocycles. The van der Waals surface area contributed by atoms with E-state index in [2.05, 4.69) is 5.32 Å². The number of anilines is 2. The van der Waals surface area contributed by atoms with Gasteiger partial charge in [-0.25, -0.2) is 4.39 Å². The van der Waals surface area contributed by atoms with Crippen molar-refractivity contribution >= 4 is 17.3 Å². The zero-order valence-corrected chi connectivity index (χ0v) is 10.5. The van der Waals surface area contributed by atoms with E-state index in [0.717, 1.165) is 24.3 Å². The van der Waals surface area contributed by atoms with Gasteiger partial charge in [-0.1, -0.05) is 12.1 Å². The number of alkyl halides is 3. The summed E-state index contributed by atoms with van der Waals surface area (Å²) in [5.74, 6) is -1.68. The Balaban J connectivity index is 2.36. The smallest absolute Gasteiger partial charge is 0.397 e. The first kappa shape index (κ1) is 14.8. The molecule has 0 aromatic heterocycles. The summed E-state index contributed by atoms with van der Waals surface area (Å²) in [7, 11) is 0. The number of rotatable bonds is 2. The quantitative estimate of drug-likeness (QED) is 0.656. The average molecular weight is 298 g/mol. The van der Waals surface area contributed by atoms with E-state index in [1.807, 2.05) is 0 Å². The first-order chi connectivity index (χ1) is 9.79. The van der Waals surface area contributed by atoms with Gasteiger partial charge >= 0.3 is 6.18 Å². The molecule has 0 saturated heterocycles. The summed E-state index contributed by atoms with van der Waals surface area (Å²) in [6.45, 7) is 0.